The standard InChI is InChI=1S/C16H15N2O7PS2/c1-17(28(23,24)16-10-12-4-2-3-5-15(12)27-16)11-26(21,22)25-14-8-6-13(7-9-14)18(19)20/h2-10H,11H2,1H3,(H,21,22). The van der Waals surface area contributed by atoms with Crippen molar-refractivity contribution in [3.63, 3.8) is 0 Å². The van der Waals surface area contributed by atoms with Gasteiger partial charge in [-0.1, -0.05) is 18.2 Å². The molecule has 3 aromatic rings. The van der Waals surface area contributed by atoms with Gasteiger partial charge in [-0.2, -0.15) is 4.31 Å². The molecule has 1 aromatic heterocycles. The maximum Gasteiger partial charge on any atom is 0.391 e. The van der Waals surface area contributed by atoms with E-state index in [-0.39, 0.29) is 15.6 Å². The normalized spacial score (nSPS) is 14.1. The topological polar surface area (TPSA) is 127 Å². The van der Waals surface area contributed by atoms with E-state index in [1.54, 1.807) is 24.3 Å². The largest absolute Gasteiger partial charge is 0.424 e. The van der Waals surface area contributed by atoms with Gasteiger partial charge in [-0.3, -0.25) is 10.1 Å². The predicted molar refractivity (Wildman–Crippen MR) is 105 cm³/mol. The number of nitro groups is 1. The second-order valence-corrected chi connectivity index (χ2v) is 10.9. The van der Waals surface area contributed by atoms with Crippen LogP contribution >= 0.6 is 18.9 Å². The van der Waals surface area contributed by atoms with Crippen LogP contribution in [0.15, 0.2) is 58.8 Å². The highest BCUT2D eigenvalue weighted by molar-refractivity contribution is 7.91. The minimum Gasteiger partial charge on any atom is -0.424 e. The Labute approximate surface area is 164 Å². The van der Waals surface area contributed by atoms with E-state index >= 15 is 0 Å². The Hall–Kier alpha value is -2.30. The van der Waals surface area contributed by atoms with E-state index in [9.17, 15) is 28.0 Å². The number of nitro benzene ring substituents is 1. The molecule has 0 radical (unpaired) electrons. The minimum atomic E-state index is -4.38. The first-order chi connectivity index (χ1) is 13.1. The molecule has 0 aliphatic heterocycles. The van der Waals surface area contributed by atoms with Gasteiger partial charge in [-0.05, 0) is 29.7 Å². The molecule has 0 fully saturated rings. The second kappa shape index (κ2) is 7.61. The molecule has 2 aromatic carbocycles. The fourth-order valence-corrected chi connectivity index (χ4v) is 6.90. The van der Waals surface area contributed by atoms with Gasteiger partial charge in [-0.25, -0.2) is 13.0 Å². The van der Waals surface area contributed by atoms with Crippen molar-refractivity contribution in [2.45, 2.75) is 4.21 Å². The molecule has 0 saturated carbocycles. The fourth-order valence-electron chi connectivity index (χ4n) is 2.39. The lowest BCUT2D eigenvalue weighted by molar-refractivity contribution is -0.384. The number of hydrogen-bond donors (Lipinski definition) is 1. The number of sulfonamides is 1. The third-order valence-corrected chi connectivity index (χ3v) is 8.58. The predicted octanol–water partition coefficient (Wildman–Crippen LogP) is 3.65. The third-order valence-electron chi connectivity index (χ3n) is 3.74. The summed E-state index contributed by atoms with van der Waals surface area (Å²) in [6, 6.07) is 13.2. The zero-order valence-corrected chi connectivity index (χ0v) is 17.0. The summed E-state index contributed by atoms with van der Waals surface area (Å²) in [6.07, 6.45) is -0.777. The van der Waals surface area contributed by atoms with Crippen molar-refractivity contribution in [3.05, 3.63) is 64.7 Å². The van der Waals surface area contributed by atoms with Crippen LogP contribution in [0.5, 0.6) is 5.75 Å². The van der Waals surface area contributed by atoms with Gasteiger partial charge in [0.15, 0.2) is 0 Å². The second-order valence-electron chi connectivity index (χ2n) is 5.83. The molecule has 148 valence electrons. The Bertz CT molecular complexity index is 1140. The Morgan fingerprint density at radius 1 is 1.21 bits per heavy atom. The zero-order chi connectivity index (χ0) is 20.5. The summed E-state index contributed by atoms with van der Waals surface area (Å²) in [7, 11) is -7.19. The van der Waals surface area contributed by atoms with E-state index in [0.717, 1.165) is 37.9 Å². The number of hydrogen-bond acceptors (Lipinski definition) is 7. The Morgan fingerprint density at radius 3 is 2.46 bits per heavy atom. The quantitative estimate of drug-likeness (QED) is 0.336. The van der Waals surface area contributed by atoms with Crippen LogP contribution in [0, 0.1) is 10.1 Å². The number of non-ortho nitro benzene ring substituents is 1. The molecule has 1 N–H and O–H groups in total. The molecule has 0 saturated heterocycles. The lowest BCUT2D eigenvalue weighted by atomic mass is 10.3. The van der Waals surface area contributed by atoms with Gasteiger partial charge in [0.2, 0.25) is 0 Å². The number of thiophene rings is 1. The van der Waals surface area contributed by atoms with E-state index in [1.165, 1.54) is 25.2 Å². The van der Waals surface area contributed by atoms with Crippen LogP contribution in [0.25, 0.3) is 10.1 Å². The van der Waals surface area contributed by atoms with E-state index in [0.29, 0.717) is 0 Å². The molecular formula is C16H15N2O7PS2. The SMILES string of the molecule is CN(CP(=O)(O)Oc1ccc([N+](=O)[O-])cc1)S(=O)(=O)c1cc2ccccc2s1. The highest BCUT2D eigenvalue weighted by Crippen LogP contribution is 2.44. The third kappa shape index (κ3) is 4.40. The average molecular weight is 442 g/mol. The molecule has 0 spiro atoms. The first-order valence-electron chi connectivity index (χ1n) is 7.79. The molecule has 1 heterocycles. The molecule has 9 nitrogen and oxygen atoms in total. The first kappa shape index (κ1) is 20.4. The van der Waals surface area contributed by atoms with E-state index in [1.807, 2.05) is 0 Å². The van der Waals surface area contributed by atoms with Crippen LogP contribution < -0.4 is 4.52 Å². The molecule has 3 rings (SSSR count). The van der Waals surface area contributed by atoms with Crippen LogP contribution in [0.3, 0.4) is 0 Å². The lowest BCUT2D eigenvalue weighted by Gasteiger charge is -2.20. The molecule has 0 aliphatic carbocycles. The number of fused-ring (bicyclic) bond motifs is 1. The molecule has 0 bridgehead atoms. The highest BCUT2D eigenvalue weighted by atomic mass is 32.2. The van der Waals surface area contributed by atoms with E-state index in [4.69, 9.17) is 4.52 Å². The van der Waals surface area contributed by atoms with Gasteiger partial charge in [0.25, 0.3) is 15.7 Å². The molecule has 28 heavy (non-hydrogen) atoms. The van der Waals surface area contributed by atoms with Gasteiger partial charge >= 0.3 is 7.60 Å². The van der Waals surface area contributed by atoms with Gasteiger partial charge in [0.05, 0.1) is 4.92 Å². The number of benzene rings is 2. The number of nitrogens with zero attached hydrogens (tertiary/aromatic N) is 2. The van der Waals surface area contributed by atoms with Crippen molar-refractivity contribution in [1.29, 1.82) is 0 Å². The van der Waals surface area contributed by atoms with Crippen LogP contribution in [0.2, 0.25) is 0 Å². The van der Waals surface area contributed by atoms with Crippen molar-refractivity contribution >= 4 is 44.7 Å². The van der Waals surface area contributed by atoms with Crippen LogP contribution in [-0.4, -0.2) is 35.9 Å². The zero-order valence-electron chi connectivity index (χ0n) is 14.5. The van der Waals surface area contributed by atoms with Gasteiger partial charge in [0.1, 0.15) is 16.2 Å². The Balaban J connectivity index is 1.76. The summed E-state index contributed by atoms with van der Waals surface area (Å²) in [5, 5.41) is 11.4. The maximum atomic E-state index is 12.7. The molecule has 0 aliphatic rings. The van der Waals surface area contributed by atoms with Gasteiger partial charge in [-0.15, -0.1) is 11.3 Å². The van der Waals surface area contributed by atoms with Crippen molar-refractivity contribution in [2.75, 3.05) is 13.3 Å². The van der Waals surface area contributed by atoms with Crippen LogP contribution in [0.4, 0.5) is 5.69 Å². The average Bonchev–Trinajstić information content (AvgIpc) is 3.06. The monoisotopic (exact) mass is 442 g/mol. The maximum absolute atomic E-state index is 12.7. The number of rotatable bonds is 7. The van der Waals surface area contributed by atoms with E-state index < -0.39 is 28.8 Å². The molecule has 12 heteroatoms. The molecule has 1 atom stereocenters. The Kier molecular flexibility index (Phi) is 5.55. The van der Waals surface area contributed by atoms with Crippen LogP contribution in [-0.2, 0) is 14.6 Å². The van der Waals surface area contributed by atoms with Crippen molar-refractivity contribution < 1.29 is 27.3 Å². The summed E-state index contributed by atoms with van der Waals surface area (Å²) in [4.78, 5) is 20.1. The van der Waals surface area contributed by atoms with Crippen molar-refractivity contribution in [3.8, 4) is 5.75 Å². The van der Waals surface area contributed by atoms with E-state index in [2.05, 4.69) is 0 Å². The summed E-state index contributed by atoms with van der Waals surface area (Å²) >= 11 is 1.06. The first-order valence-corrected chi connectivity index (χ1v) is 11.8. The summed E-state index contributed by atoms with van der Waals surface area (Å²) in [6.45, 7) is 0. The van der Waals surface area contributed by atoms with Crippen LogP contribution in [0.1, 0.15) is 0 Å². The highest BCUT2D eigenvalue weighted by Gasteiger charge is 2.32. The molecule has 0 amide bonds. The molecular weight excluding hydrogens is 427 g/mol. The van der Waals surface area contributed by atoms with Crippen molar-refractivity contribution in [1.82, 2.24) is 4.31 Å². The minimum absolute atomic E-state index is 0.0477. The fraction of sp³-hybridized carbons (Fsp3) is 0.125. The Morgan fingerprint density at radius 2 is 1.86 bits per heavy atom. The smallest absolute Gasteiger partial charge is 0.391 e. The van der Waals surface area contributed by atoms with Gasteiger partial charge < -0.3 is 9.42 Å². The van der Waals surface area contributed by atoms with Gasteiger partial charge in [0, 0.05) is 23.9 Å². The summed E-state index contributed by atoms with van der Waals surface area (Å²) in [5.74, 6) is -0.0795. The van der Waals surface area contributed by atoms with Crippen molar-refractivity contribution in [2.24, 2.45) is 0 Å². The lowest BCUT2D eigenvalue weighted by Crippen LogP contribution is -2.28. The summed E-state index contributed by atoms with van der Waals surface area (Å²) < 4.78 is 44.4. The summed E-state index contributed by atoms with van der Waals surface area (Å²) in [5.41, 5.74) is -0.204. The molecule has 1 unspecified atom stereocenters.